The van der Waals surface area contributed by atoms with Crippen molar-refractivity contribution in [3.63, 3.8) is 0 Å². The highest BCUT2D eigenvalue weighted by atomic mass is 35.5. The van der Waals surface area contributed by atoms with Gasteiger partial charge >= 0.3 is 0 Å². The van der Waals surface area contributed by atoms with Gasteiger partial charge in [0.2, 0.25) is 10.0 Å². The molecule has 1 aromatic heterocycles. The molecule has 10 heteroatoms. The lowest BCUT2D eigenvalue weighted by molar-refractivity contribution is 0.172. The van der Waals surface area contributed by atoms with Crippen molar-refractivity contribution >= 4 is 38.2 Å². The zero-order valence-corrected chi connectivity index (χ0v) is 19.0. The van der Waals surface area contributed by atoms with Crippen LogP contribution >= 0.6 is 11.6 Å². The molecule has 2 aromatic carbocycles. The molecule has 0 saturated heterocycles. The Balaban J connectivity index is 1.57. The highest BCUT2D eigenvalue weighted by Crippen LogP contribution is 2.41. The topological polar surface area (TPSA) is 90.3 Å². The Kier molecular flexibility index (Phi) is 5.10. The molecule has 5 rings (SSSR count). The number of benzene rings is 2. The summed E-state index contributed by atoms with van der Waals surface area (Å²) in [5, 5.41) is 5.42. The third-order valence-electron chi connectivity index (χ3n) is 5.45. The summed E-state index contributed by atoms with van der Waals surface area (Å²) < 4.78 is 42.7. The number of hydrogen-bond acceptors (Lipinski definition) is 7. The fourth-order valence-electron chi connectivity index (χ4n) is 3.92. The van der Waals surface area contributed by atoms with Gasteiger partial charge < -0.3 is 14.2 Å². The summed E-state index contributed by atoms with van der Waals surface area (Å²) in [6, 6.07) is 12.2. The van der Waals surface area contributed by atoms with Gasteiger partial charge in [0, 0.05) is 23.4 Å². The van der Waals surface area contributed by atoms with Crippen LogP contribution in [0.3, 0.4) is 0 Å². The Morgan fingerprint density at radius 1 is 1.09 bits per heavy atom. The van der Waals surface area contributed by atoms with Gasteiger partial charge in [-0.1, -0.05) is 11.6 Å². The fourth-order valence-corrected chi connectivity index (χ4v) is 5.09. The number of sulfonamides is 1. The molecule has 2 aliphatic rings. The lowest BCUT2D eigenvalue weighted by Gasteiger charge is -2.23. The van der Waals surface area contributed by atoms with Crippen LogP contribution in [0.5, 0.6) is 17.2 Å². The molecular formula is C22H20ClN3O5S. The number of methoxy groups -OCH3 is 1. The Bertz CT molecular complexity index is 1340. The zero-order valence-electron chi connectivity index (χ0n) is 17.4. The molecule has 0 bridgehead atoms. The largest absolute Gasteiger partial charge is 0.497 e. The molecule has 0 aliphatic carbocycles. The van der Waals surface area contributed by atoms with Crippen molar-refractivity contribution in [1.29, 1.82) is 0 Å². The van der Waals surface area contributed by atoms with Gasteiger partial charge in [-0.2, -0.15) is 9.52 Å². The minimum atomic E-state index is -3.65. The van der Waals surface area contributed by atoms with Crippen molar-refractivity contribution in [2.75, 3.05) is 26.6 Å². The fraction of sp³-hybridized carbons (Fsp3) is 0.273. The maximum Gasteiger partial charge on any atom is 0.247 e. The standard InChI is InChI=1S/C22H20ClN3O5S/c1-29-15-5-3-13(4-6-15)18-11-19(26(25-18)32(2,27)28)16-9-14-10-20-21(31-8-7-30-20)12-17(14)24-22(16)23/h3-6,9-10,12,19H,7-8,11H2,1-2H3. The van der Waals surface area contributed by atoms with E-state index in [0.717, 1.165) is 21.6 Å². The Hall–Kier alpha value is -3.04. The van der Waals surface area contributed by atoms with Crippen LogP contribution in [0.25, 0.3) is 10.9 Å². The molecular weight excluding hydrogens is 454 g/mol. The van der Waals surface area contributed by atoms with Crippen molar-refractivity contribution in [2.45, 2.75) is 12.5 Å². The summed E-state index contributed by atoms with van der Waals surface area (Å²) in [5.74, 6) is 1.95. The van der Waals surface area contributed by atoms with E-state index >= 15 is 0 Å². The van der Waals surface area contributed by atoms with Gasteiger partial charge in [0.25, 0.3) is 0 Å². The Morgan fingerprint density at radius 3 is 2.44 bits per heavy atom. The van der Waals surface area contributed by atoms with E-state index in [-0.39, 0.29) is 5.15 Å². The van der Waals surface area contributed by atoms with Gasteiger partial charge in [-0.3, -0.25) is 0 Å². The number of fused-ring (bicyclic) bond motifs is 2. The zero-order chi connectivity index (χ0) is 22.5. The molecule has 0 saturated carbocycles. The van der Waals surface area contributed by atoms with E-state index in [4.69, 9.17) is 25.8 Å². The van der Waals surface area contributed by atoms with E-state index in [2.05, 4.69) is 10.1 Å². The van der Waals surface area contributed by atoms with Crippen molar-refractivity contribution in [3.8, 4) is 17.2 Å². The van der Waals surface area contributed by atoms with E-state index in [9.17, 15) is 8.42 Å². The lowest BCUT2D eigenvalue weighted by atomic mass is 9.99. The van der Waals surface area contributed by atoms with Crippen molar-refractivity contribution < 1.29 is 22.6 Å². The first-order chi connectivity index (χ1) is 15.3. The molecule has 2 aliphatic heterocycles. The lowest BCUT2D eigenvalue weighted by Crippen LogP contribution is -2.26. The third-order valence-corrected chi connectivity index (χ3v) is 6.77. The molecule has 0 spiro atoms. The first-order valence-electron chi connectivity index (χ1n) is 9.94. The number of rotatable bonds is 4. The molecule has 0 N–H and O–H groups in total. The predicted molar refractivity (Wildman–Crippen MR) is 121 cm³/mol. The van der Waals surface area contributed by atoms with E-state index in [1.807, 2.05) is 36.4 Å². The van der Waals surface area contributed by atoms with Crippen LogP contribution in [0, 0.1) is 0 Å². The Morgan fingerprint density at radius 2 is 1.78 bits per heavy atom. The highest BCUT2D eigenvalue weighted by molar-refractivity contribution is 7.88. The molecule has 1 unspecified atom stereocenters. The van der Waals surface area contributed by atoms with Crippen LogP contribution in [0.4, 0.5) is 0 Å². The molecule has 8 nitrogen and oxygen atoms in total. The van der Waals surface area contributed by atoms with Gasteiger partial charge in [-0.15, -0.1) is 0 Å². The molecule has 0 fully saturated rings. The monoisotopic (exact) mass is 473 g/mol. The smallest absolute Gasteiger partial charge is 0.247 e. The van der Waals surface area contributed by atoms with Gasteiger partial charge in [0.1, 0.15) is 24.1 Å². The predicted octanol–water partition coefficient (Wildman–Crippen LogP) is 3.78. The van der Waals surface area contributed by atoms with Crippen LogP contribution < -0.4 is 14.2 Å². The average molecular weight is 474 g/mol. The highest BCUT2D eigenvalue weighted by Gasteiger charge is 2.36. The van der Waals surface area contributed by atoms with Crippen LogP contribution in [-0.2, 0) is 10.0 Å². The van der Waals surface area contributed by atoms with Gasteiger partial charge in [-0.05, 0) is 42.0 Å². The number of hydrogen-bond donors (Lipinski definition) is 0. The van der Waals surface area contributed by atoms with E-state index in [1.54, 1.807) is 13.2 Å². The second kappa shape index (κ2) is 7.83. The number of hydrazone groups is 1. The number of halogens is 1. The minimum absolute atomic E-state index is 0.221. The van der Waals surface area contributed by atoms with Crippen LogP contribution in [0.15, 0.2) is 47.6 Å². The molecule has 166 valence electrons. The minimum Gasteiger partial charge on any atom is -0.497 e. The first-order valence-corrected chi connectivity index (χ1v) is 12.2. The summed E-state index contributed by atoms with van der Waals surface area (Å²) in [6.45, 7) is 0.942. The van der Waals surface area contributed by atoms with Crippen LogP contribution in [0.1, 0.15) is 23.6 Å². The van der Waals surface area contributed by atoms with E-state index in [1.165, 1.54) is 0 Å². The molecule has 32 heavy (non-hydrogen) atoms. The van der Waals surface area contributed by atoms with Gasteiger partial charge in [-0.25, -0.2) is 13.4 Å². The van der Waals surface area contributed by atoms with Crippen LogP contribution in [-0.4, -0.2) is 50.1 Å². The summed E-state index contributed by atoms with van der Waals surface area (Å²) in [7, 11) is -2.06. The number of pyridine rings is 1. The Labute approximate surface area is 190 Å². The number of nitrogens with zero attached hydrogens (tertiary/aromatic N) is 3. The van der Waals surface area contributed by atoms with Gasteiger partial charge in [0.05, 0.1) is 30.6 Å². The van der Waals surface area contributed by atoms with Crippen molar-refractivity contribution in [3.05, 3.63) is 58.7 Å². The summed E-state index contributed by atoms with van der Waals surface area (Å²) >= 11 is 6.54. The van der Waals surface area contributed by atoms with E-state index < -0.39 is 16.1 Å². The van der Waals surface area contributed by atoms with Crippen molar-refractivity contribution in [1.82, 2.24) is 9.40 Å². The number of ether oxygens (including phenoxy) is 3. The molecule has 0 radical (unpaired) electrons. The third kappa shape index (κ3) is 3.71. The summed E-state index contributed by atoms with van der Waals surface area (Å²) in [4.78, 5) is 4.51. The summed E-state index contributed by atoms with van der Waals surface area (Å²) in [5.41, 5.74) is 2.67. The summed E-state index contributed by atoms with van der Waals surface area (Å²) in [6.07, 6.45) is 1.49. The molecule has 1 atom stereocenters. The molecule has 3 aromatic rings. The average Bonchev–Trinajstić information content (AvgIpc) is 3.23. The second-order valence-electron chi connectivity index (χ2n) is 7.59. The number of aromatic nitrogens is 1. The van der Waals surface area contributed by atoms with Gasteiger partial charge in [0.15, 0.2) is 11.5 Å². The normalized spacial score (nSPS) is 18.0. The second-order valence-corrected chi connectivity index (χ2v) is 9.79. The quantitative estimate of drug-likeness (QED) is 0.536. The van der Waals surface area contributed by atoms with E-state index in [0.29, 0.717) is 53.7 Å². The maximum absolute atomic E-state index is 12.6. The molecule has 0 amide bonds. The first kappa shape index (κ1) is 20.8. The SMILES string of the molecule is COc1ccc(C2=NN(S(C)(=O)=O)C(c3cc4cc5c(cc4nc3Cl)OCCO5)C2)cc1. The molecule has 3 heterocycles. The van der Waals surface area contributed by atoms with Crippen LogP contribution in [0.2, 0.25) is 5.15 Å². The maximum atomic E-state index is 12.6. The van der Waals surface area contributed by atoms with Crippen molar-refractivity contribution in [2.24, 2.45) is 5.10 Å².